The van der Waals surface area contributed by atoms with Crippen LogP contribution in [-0.2, 0) is 4.74 Å². The SMILES string of the molecule is CCOC1CC(NC(=O)c2cc(N)c(F)cc2Br)C1(C)C. The van der Waals surface area contributed by atoms with Crippen molar-refractivity contribution in [3.63, 3.8) is 0 Å². The fraction of sp³-hybridized carbons (Fsp3) is 0.533. The lowest BCUT2D eigenvalue weighted by Gasteiger charge is -2.51. The lowest BCUT2D eigenvalue weighted by Crippen LogP contribution is -2.62. The standard InChI is InChI=1S/C15H20BrFN2O2/c1-4-21-13-7-12(15(13,2)3)19-14(20)8-5-11(18)10(17)6-9(8)16/h5-6,12-13H,4,7,18H2,1-3H3,(H,19,20). The Kier molecular flexibility index (Phi) is 4.58. The van der Waals surface area contributed by atoms with Gasteiger partial charge in [0, 0.05) is 22.5 Å². The number of carbonyl (C=O) groups is 1. The number of hydrogen-bond donors (Lipinski definition) is 2. The van der Waals surface area contributed by atoms with E-state index in [4.69, 9.17) is 10.5 Å². The van der Waals surface area contributed by atoms with Crippen LogP contribution in [0.3, 0.4) is 0 Å². The molecule has 0 bridgehead atoms. The number of ether oxygens (including phenoxy) is 1. The molecule has 1 saturated carbocycles. The molecule has 1 amide bonds. The van der Waals surface area contributed by atoms with Crippen molar-refractivity contribution in [1.82, 2.24) is 5.32 Å². The molecule has 2 unspecified atom stereocenters. The lowest BCUT2D eigenvalue weighted by molar-refractivity contribution is -0.111. The third kappa shape index (κ3) is 3.06. The number of nitrogens with two attached hydrogens (primary N) is 1. The molecule has 0 radical (unpaired) electrons. The third-order valence-electron chi connectivity index (χ3n) is 4.18. The van der Waals surface area contributed by atoms with Crippen LogP contribution in [0.4, 0.5) is 10.1 Å². The molecule has 1 aromatic carbocycles. The quantitative estimate of drug-likeness (QED) is 0.812. The van der Waals surface area contributed by atoms with Crippen molar-refractivity contribution in [1.29, 1.82) is 0 Å². The van der Waals surface area contributed by atoms with Crippen LogP contribution in [0.5, 0.6) is 0 Å². The first-order valence-corrected chi connectivity index (χ1v) is 7.73. The molecule has 0 saturated heterocycles. The number of carbonyl (C=O) groups excluding carboxylic acids is 1. The number of nitrogens with one attached hydrogen (secondary N) is 1. The molecule has 1 aliphatic carbocycles. The van der Waals surface area contributed by atoms with Gasteiger partial charge in [-0.15, -0.1) is 0 Å². The second kappa shape index (κ2) is 5.93. The maximum atomic E-state index is 13.3. The first kappa shape index (κ1) is 16.2. The number of halogens is 2. The van der Waals surface area contributed by atoms with Gasteiger partial charge >= 0.3 is 0 Å². The van der Waals surface area contributed by atoms with Crippen molar-refractivity contribution in [2.75, 3.05) is 12.3 Å². The molecule has 2 atom stereocenters. The second-order valence-electron chi connectivity index (χ2n) is 5.88. The van der Waals surface area contributed by atoms with Crippen molar-refractivity contribution in [2.45, 2.75) is 39.3 Å². The van der Waals surface area contributed by atoms with Crippen molar-refractivity contribution < 1.29 is 13.9 Å². The Hall–Kier alpha value is -1.14. The maximum absolute atomic E-state index is 13.3. The maximum Gasteiger partial charge on any atom is 0.252 e. The molecule has 2 rings (SSSR count). The Morgan fingerprint density at radius 3 is 2.81 bits per heavy atom. The van der Waals surface area contributed by atoms with Gasteiger partial charge < -0.3 is 15.8 Å². The van der Waals surface area contributed by atoms with E-state index in [1.54, 1.807) is 0 Å². The van der Waals surface area contributed by atoms with Crippen LogP contribution < -0.4 is 11.1 Å². The van der Waals surface area contributed by atoms with E-state index in [-0.39, 0.29) is 29.2 Å². The molecule has 3 N–H and O–H groups in total. The van der Waals surface area contributed by atoms with Gasteiger partial charge in [0.05, 0.1) is 17.4 Å². The van der Waals surface area contributed by atoms with Crippen molar-refractivity contribution in [3.8, 4) is 0 Å². The van der Waals surface area contributed by atoms with Gasteiger partial charge in [-0.2, -0.15) is 0 Å². The number of rotatable bonds is 4. The van der Waals surface area contributed by atoms with Crippen LogP contribution in [0.1, 0.15) is 37.6 Å². The van der Waals surface area contributed by atoms with Crippen LogP contribution in [0.2, 0.25) is 0 Å². The molecule has 4 nitrogen and oxygen atoms in total. The van der Waals surface area contributed by atoms with Gasteiger partial charge in [-0.1, -0.05) is 13.8 Å². The molecule has 1 fully saturated rings. The predicted octanol–water partition coefficient (Wildman–Crippen LogP) is 3.10. The minimum Gasteiger partial charge on any atom is -0.396 e. The Morgan fingerprint density at radius 2 is 2.24 bits per heavy atom. The number of hydrogen-bond acceptors (Lipinski definition) is 3. The number of benzene rings is 1. The summed E-state index contributed by atoms with van der Waals surface area (Å²) in [7, 11) is 0. The Balaban J connectivity index is 2.08. The molecule has 0 heterocycles. The van der Waals surface area contributed by atoms with E-state index >= 15 is 0 Å². The van der Waals surface area contributed by atoms with Crippen LogP contribution >= 0.6 is 15.9 Å². The highest BCUT2D eigenvalue weighted by Gasteiger charge is 2.49. The predicted molar refractivity (Wildman–Crippen MR) is 83.6 cm³/mol. The van der Waals surface area contributed by atoms with Gasteiger partial charge in [0.1, 0.15) is 5.82 Å². The summed E-state index contributed by atoms with van der Waals surface area (Å²) in [6.07, 6.45) is 0.926. The van der Waals surface area contributed by atoms with Gasteiger partial charge in [-0.3, -0.25) is 4.79 Å². The number of nitrogen functional groups attached to an aromatic ring is 1. The molecule has 0 spiro atoms. The normalized spacial score (nSPS) is 23.5. The van der Waals surface area contributed by atoms with Crippen LogP contribution in [0.15, 0.2) is 16.6 Å². The van der Waals surface area contributed by atoms with Crippen LogP contribution in [0.25, 0.3) is 0 Å². The zero-order valence-corrected chi connectivity index (χ0v) is 14.0. The number of amides is 1. The summed E-state index contributed by atoms with van der Waals surface area (Å²) in [5.74, 6) is -0.805. The average Bonchev–Trinajstić information content (AvgIpc) is 2.41. The topological polar surface area (TPSA) is 64.3 Å². The minimum absolute atomic E-state index is 0.0275. The van der Waals surface area contributed by atoms with E-state index in [9.17, 15) is 9.18 Å². The van der Waals surface area contributed by atoms with Crippen LogP contribution in [-0.4, -0.2) is 24.7 Å². The fourth-order valence-corrected chi connectivity index (χ4v) is 3.09. The molecule has 1 aromatic rings. The number of anilines is 1. The molecule has 116 valence electrons. The van der Waals surface area contributed by atoms with Crippen LogP contribution in [0, 0.1) is 11.2 Å². The highest BCUT2D eigenvalue weighted by atomic mass is 79.9. The average molecular weight is 359 g/mol. The third-order valence-corrected chi connectivity index (χ3v) is 4.84. The molecular weight excluding hydrogens is 339 g/mol. The summed E-state index contributed by atoms with van der Waals surface area (Å²) < 4.78 is 19.4. The molecule has 6 heteroatoms. The second-order valence-corrected chi connectivity index (χ2v) is 6.74. The van der Waals surface area contributed by atoms with E-state index in [2.05, 4.69) is 35.1 Å². The van der Waals surface area contributed by atoms with Gasteiger partial charge in [0.15, 0.2) is 0 Å². The van der Waals surface area contributed by atoms with E-state index in [1.165, 1.54) is 12.1 Å². The molecular formula is C15H20BrFN2O2. The van der Waals surface area contributed by atoms with Gasteiger partial charge in [0.2, 0.25) is 0 Å². The minimum atomic E-state index is -0.543. The molecule has 0 aromatic heterocycles. The van der Waals surface area contributed by atoms with E-state index in [0.717, 1.165) is 6.42 Å². The fourth-order valence-electron chi connectivity index (χ4n) is 2.59. The Bertz CT molecular complexity index is 563. The highest BCUT2D eigenvalue weighted by molar-refractivity contribution is 9.10. The van der Waals surface area contributed by atoms with Gasteiger partial charge in [0.25, 0.3) is 5.91 Å². The molecule has 21 heavy (non-hydrogen) atoms. The Morgan fingerprint density at radius 1 is 1.57 bits per heavy atom. The largest absolute Gasteiger partial charge is 0.396 e. The van der Waals surface area contributed by atoms with E-state index in [0.29, 0.717) is 16.6 Å². The van der Waals surface area contributed by atoms with Crippen molar-refractivity contribution >= 4 is 27.5 Å². The summed E-state index contributed by atoms with van der Waals surface area (Å²) in [6, 6.07) is 2.58. The molecule has 1 aliphatic rings. The van der Waals surface area contributed by atoms with Crippen molar-refractivity contribution in [2.24, 2.45) is 5.41 Å². The summed E-state index contributed by atoms with van der Waals surface area (Å²) in [5, 5.41) is 2.97. The van der Waals surface area contributed by atoms with Gasteiger partial charge in [-0.05, 0) is 41.4 Å². The van der Waals surface area contributed by atoms with Gasteiger partial charge in [-0.25, -0.2) is 4.39 Å². The zero-order valence-electron chi connectivity index (χ0n) is 12.4. The summed E-state index contributed by atoms with van der Waals surface area (Å²) in [5.41, 5.74) is 5.70. The first-order chi connectivity index (χ1) is 9.77. The smallest absolute Gasteiger partial charge is 0.252 e. The van der Waals surface area contributed by atoms with E-state index < -0.39 is 5.82 Å². The summed E-state index contributed by atoms with van der Waals surface area (Å²) in [6.45, 7) is 6.75. The summed E-state index contributed by atoms with van der Waals surface area (Å²) >= 11 is 3.20. The molecule has 0 aliphatic heterocycles. The van der Waals surface area contributed by atoms with E-state index in [1.807, 2.05) is 6.92 Å². The lowest BCUT2D eigenvalue weighted by atomic mass is 9.64. The zero-order chi connectivity index (χ0) is 15.8. The Labute approximate surface area is 132 Å². The first-order valence-electron chi connectivity index (χ1n) is 6.94. The highest BCUT2D eigenvalue weighted by Crippen LogP contribution is 2.43. The monoisotopic (exact) mass is 358 g/mol. The van der Waals surface area contributed by atoms with Crippen molar-refractivity contribution in [3.05, 3.63) is 28.0 Å². The summed E-state index contributed by atoms with van der Waals surface area (Å²) in [4.78, 5) is 12.3.